The van der Waals surface area contributed by atoms with Crippen molar-refractivity contribution in [3.8, 4) is 5.75 Å². The number of hydrogen-bond acceptors (Lipinski definition) is 2. The average Bonchev–Trinajstić information content (AvgIpc) is 2.59. The molecular weight excluding hydrogens is 313 g/mol. The van der Waals surface area contributed by atoms with Gasteiger partial charge in [-0.25, -0.2) is 0 Å². The molecule has 0 amide bonds. The number of aryl methyl sites for hydroxylation is 2. The van der Waals surface area contributed by atoms with E-state index in [0.717, 1.165) is 22.1 Å². The molecule has 3 rings (SSSR count). The third kappa shape index (κ3) is 3.90. The zero-order valence-corrected chi connectivity index (χ0v) is 14.8. The van der Waals surface area contributed by atoms with Crippen LogP contribution in [0.15, 0.2) is 71.7 Å². The van der Waals surface area contributed by atoms with Gasteiger partial charge in [-0.05, 0) is 48.5 Å². The molecule has 3 aromatic rings. The zero-order chi connectivity index (χ0) is 16.9. The maximum absolute atomic E-state index is 10.4. The Morgan fingerprint density at radius 3 is 2.38 bits per heavy atom. The molecule has 0 fully saturated rings. The van der Waals surface area contributed by atoms with Gasteiger partial charge in [0.25, 0.3) is 0 Å². The van der Waals surface area contributed by atoms with Crippen LogP contribution in [-0.2, 0) is 0 Å². The smallest absolute Gasteiger partial charge is 0.126 e. The van der Waals surface area contributed by atoms with Crippen molar-refractivity contribution in [2.45, 2.75) is 13.8 Å². The van der Waals surface area contributed by atoms with Gasteiger partial charge in [0.2, 0.25) is 0 Å². The van der Waals surface area contributed by atoms with Crippen molar-refractivity contribution in [1.29, 1.82) is 0 Å². The standard InChI is InChI=1S/C21H20NOP/c1-15-12-16(2)21(23)20(13-15)24-19-11-7-6-8-17(19)14-22-18-9-4-3-5-10-18/h3-14,23-24H,1-2H3/b22-14+. The van der Waals surface area contributed by atoms with Crippen molar-refractivity contribution in [2.75, 3.05) is 0 Å². The van der Waals surface area contributed by atoms with Crippen LogP contribution in [0, 0.1) is 13.8 Å². The van der Waals surface area contributed by atoms with Crippen LogP contribution < -0.4 is 10.6 Å². The van der Waals surface area contributed by atoms with Gasteiger partial charge >= 0.3 is 0 Å². The van der Waals surface area contributed by atoms with Crippen LogP contribution in [-0.4, -0.2) is 11.3 Å². The van der Waals surface area contributed by atoms with Crippen LogP contribution in [0.1, 0.15) is 16.7 Å². The first kappa shape index (κ1) is 16.4. The van der Waals surface area contributed by atoms with Crippen molar-refractivity contribution in [3.05, 3.63) is 83.4 Å². The summed E-state index contributed by atoms with van der Waals surface area (Å²) in [5.74, 6) is 0.397. The van der Waals surface area contributed by atoms with Gasteiger partial charge in [0.1, 0.15) is 5.75 Å². The molecule has 0 aliphatic heterocycles. The highest BCUT2D eigenvalue weighted by atomic mass is 31.1. The third-order valence-corrected chi connectivity index (χ3v) is 5.16. The van der Waals surface area contributed by atoms with Crippen LogP contribution in [0.25, 0.3) is 0 Å². The lowest BCUT2D eigenvalue weighted by atomic mass is 10.1. The van der Waals surface area contributed by atoms with Crippen LogP contribution in [0.2, 0.25) is 0 Å². The van der Waals surface area contributed by atoms with Crippen molar-refractivity contribution in [2.24, 2.45) is 4.99 Å². The first-order valence-corrected chi connectivity index (χ1v) is 8.89. The fourth-order valence-electron chi connectivity index (χ4n) is 2.58. The van der Waals surface area contributed by atoms with Crippen LogP contribution in [0.4, 0.5) is 5.69 Å². The minimum absolute atomic E-state index is 0.393. The summed E-state index contributed by atoms with van der Waals surface area (Å²) in [4.78, 5) is 4.55. The molecule has 0 aliphatic rings. The molecule has 24 heavy (non-hydrogen) atoms. The number of phenols is 1. The Balaban J connectivity index is 1.92. The fraction of sp³-hybridized carbons (Fsp3) is 0.0952. The summed E-state index contributed by atoms with van der Waals surface area (Å²) in [6.07, 6.45) is 1.90. The first-order chi connectivity index (χ1) is 11.6. The van der Waals surface area contributed by atoms with Crippen molar-refractivity contribution in [1.82, 2.24) is 0 Å². The van der Waals surface area contributed by atoms with E-state index in [2.05, 4.69) is 30.1 Å². The molecule has 0 saturated heterocycles. The Hall–Kier alpha value is -2.44. The van der Waals surface area contributed by atoms with E-state index in [-0.39, 0.29) is 0 Å². The summed E-state index contributed by atoms with van der Waals surface area (Å²) in [6, 6.07) is 22.2. The fourth-order valence-corrected chi connectivity index (χ4v) is 3.96. The van der Waals surface area contributed by atoms with Gasteiger partial charge in [-0.3, -0.25) is 4.99 Å². The van der Waals surface area contributed by atoms with E-state index in [4.69, 9.17) is 0 Å². The van der Waals surface area contributed by atoms with Gasteiger partial charge < -0.3 is 5.11 Å². The van der Waals surface area contributed by atoms with Crippen LogP contribution in [0.5, 0.6) is 5.75 Å². The van der Waals surface area contributed by atoms with E-state index in [1.165, 1.54) is 10.9 Å². The van der Waals surface area contributed by atoms with Gasteiger partial charge in [0.05, 0.1) is 5.69 Å². The summed E-state index contributed by atoms with van der Waals surface area (Å²) >= 11 is 0. The highest BCUT2D eigenvalue weighted by Gasteiger charge is 2.08. The predicted molar refractivity (Wildman–Crippen MR) is 105 cm³/mol. The van der Waals surface area contributed by atoms with Crippen molar-refractivity contribution < 1.29 is 5.11 Å². The number of nitrogens with zero attached hydrogens (tertiary/aromatic N) is 1. The number of hydrogen-bond donors (Lipinski definition) is 1. The van der Waals surface area contributed by atoms with Gasteiger partial charge in [-0.2, -0.15) is 0 Å². The minimum Gasteiger partial charge on any atom is -0.507 e. The largest absolute Gasteiger partial charge is 0.507 e. The molecule has 3 heteroatoms. The summed E-state index contributed by atoms with van der Waals surface area (Å²) < 4.78 is 0. The predicted octanol–water partition coefficient (Wildman–Crippen LogP) is 4.39. The average molecular weight is 333 g/mol. The Morgan fingerprint density at radius 1 is 0.875 bits per heavy atom. The van der Waals surface area contributed by atoms with E-state index in [1.807, 2.05) is 61.7 Å². The second-order valence-electron chi connectivity index (χ2n) is 5.78. The molecular formula is C21H20NOP. The summed E-state index contributed by atoms with van der Waals surface area (Å²) in [5.41, 5.74) is 4.11. The molecule has 0 bridgehead atoms. The monoisotopic (exact) mass is 333 g/mol. The van der Waals surface area contributed by atoms with Crippen LogP contribution >= 0.6 is 8.58 Å². The Bertz CT molecular complexity index is 872. The highest BCUT2D eigenvalue weighted by molar-refractivity contribution is 7.56. The highest BCUT2D eigenvalue weighted by Crippen LogP contribution is 2.24. The molecule has 0 aliphatic carbocycles. The van der Waals surface area contributed by atoms with E-state index in [1.54, 1.807) is 0 Å². The Kier molecular flexibility index (Phi) is 5.08. The molecule has 120 valence electrons. The van der Waals surface area contributed by atoms with Crippen molar-refractivity contribution >= 4 is 31.1 Å². The van der Waals surface area contributed by atoms with Crippen LogP contribution in [0.3, 0.4) is 0 Å². The number of aromatic hydroxyl groups is 1. The number of phenolic OH excluding ortho intramolecular Hbond substituents is 1. The van der Waals surface area contributed by atoms with Gasteiger partial charge in [0, 0.05) is 17.1 Å². The summed E-state index contributed by atoms with van der Waals surface area (Å²) in [7, 11) is 0.393. The number of rotatable bonds is 4. The van der Waals surface area contributed by atoms with Gasteiger partial charge in [-0.1, -0.05) is 57.1 Å². The molecule has 0 radical (unpaired) electrons. The molecule has 1 N–H and O–H groups in total. The van der Waals surface area contributed by atoms with E-state index >= 15 is 0 Å². The number of aliphatic imine (C=N–C) groups is 1. The molecule has 0 aromatic heterocycles. The SMILES string of the molecule is Cc1cc(C)c(O)c(Pc2ccccc2/C=N/c2ccccc2)c1. The lowest BCUT2D eigenvalue weighted by Gasteiger charge is -2.11. The maximum atomic E-state index is 10.4. The topological polar surface area (TPSA) is 32.6 Å². The molecule has 0 heterocycles. The number of para-hydroxylation sites is 1. The summed E-state index contributed by atoms with van der Waals surface area (Å²) in [6.45, 7) is 4.00. The molecule has 1 unspecified atom stereocenters. The zero-order valence-electron chi connectivity index (χ0n) is 13.8. The summed E-state index contributed by atoms with van der Waals surface area (Å²) in [5, 5.41) is 12.5. The lowest BCUT2D eigenvalue weighted by molar-refractivity contribution is 0.475. The first-order valence-electron chi connectivity index (χ1n) is 7.89. The second kappa shape index (κ2) is 7.42. The molecule has 2 nitrogen and oxygen atoms in total. The molecule has 3 aromatic carbocycles. The Labute approximate surface area is 144 Å². The quantitative estimate of drug-likeness (QED) is 0.557. The normalized spacial score (nSPS) is 11.6. The lowest BCUT2D eigenvalue weighted by Crippen LogP contribution is -2.10. The van der Waals surface area contributed by atoms with E-state index < -0.39 is 0 Å². The van der Waals surface area contributed by atoms with Gasteiger partial charge in [-0.15, -0.1) is 0 Å². The van der Waals surface area contributed by atoms with Gasteiger partial charge in [0.15, 0.2) is 0 Å². The van der Waals surface area contributed by atoms with Crippen molar-refractivity contribution in [3.63, 3.8) is 0 Å². The van der Waals surface area contributed by atoms with E-state index in [0.29, 0.717) is 14.3 Å². The molecule has 0 spiro atoms. The molecule has 0 saturated carbocycles. The third-order valence-electron chi connectivity index (χ3n) is 3.78. The van der Waals surface area contributed by atoms with E-state index in [9.17, 15) is 5.11 Å². The molecule has 1 atom stereocenters. The minimum atomic E-state index is 0.393. The second-order valence-corrected chi connectivity index (χ2v) is 7.11. The maximum Gasteiger partial charge on any atom is 0.126 e. The Morgan fingerprint density at radius 2 is 1.58 bits per heavy atom. The number of benzene rings is 3.